The van der Waals surface area contributed by atoms with Gasteiger partial charge in [0, 0.05) is 0 Å². The topological polar surface area (TPSA) is 20.2 Å². The van der Waals surface area contributed by atoms with Crippen LogP contribution < -0.4 is 0 Å². The molecule has 2 aliphatic carbocycles. The number of rotatable bonds is 4. The zero-order valence-corrected chi connectivity index (χ0v) is 10.4. The molecule has 0 heterocycles. The first-order valence-electron chi connectivity index (χ1n) is 7.17. The summed E-state index contributed by atoms with van der Waals surface area (Å²) in [5.74, 6) is 1.89. The van der Waals surface area contributed by atoms with Crippen LogP contribution in [0.4, 0.5) is 0 Å². The van der Waals surface area contributed by atoms with Gasteiger partial charge in [-0.05, 0) is 56.8 Å². The lowest BCUT2D eigenvalue weighted by Crippen LogP contribution is -2.18. The van der Waals surface area contributed by atoms with E-state index in [1.165, 1.54) is 51.4 Å². The van der Waals surface area contributed by atoms with E-state index in [-0.39, 0.29) is 6.10 Å². The van der Waals surface area contributed by atoms with Crippen molar-refractivity contribution in [2.24, 2.45) is 11.8 Å². The summed E-state index contributed by atoms with van der Waals surface area (Å²) in [6, 6.07) is 0. The first-order chi connectivity index (χ1) is 7.84. The van der Waals surface area contributed by atoms with E-state index in [1.807, 2.05) is 0 Å². The van der Waals surface area contributed by atoms with Gasteiger partial charge in [0.15, 0.2) is 0 Å². The molecule has 1 N–H and O–H groups in total. The molecule has 0 bridgehead atoms. The molecule has 92 valence electrons. The second-order valence-electron chi connectivity index (χ2n) is 5.76. The molecule has 0 aromatic rings. The molecule has 1 fully saturated rings. The second-order valence-corrected chi connectivity index (χ2v) is 5.76. The zero-order valence-electron chi connectivity index (χ0n) is 10.4. The van der Waals surface area contributed by atoms with Crippen LogP contribution in [0.15, 0.2) is 12.2 Å². The molecule has 0 aliphatic heterocycles. The summed E-state index contributed by atoms with van der Waals surface area (Å²) in [4.78, 5) is 0. The van der Waals surface area contributed by atoms with Crippen molar-refractivity contribution in [1.82, 2.24) is 0 Å². The summed E-state index contributed by atoms with van der Waals surface area (Å²) in [6.07, 6.45) is 17.7. The SMILES string of the molecule is OC1CCC(CCCC2CC=CCC2)CC1. The molecule has 0 aromatic heterocycles. The molecular formula is C15H26O. The van der Waals surface area contributed by atoms with E-state index in [1.54, 1.807) is 0 Å². The Morgan fingerprint density at radius 3 is 2.31 bits per heavy atom. The summed E-state index contributed by atoms with van der Waals surface area (Å²) < 4.78 is 0. The molecule has 1 unspecified atom stereocenters. The standard InChI is InChI=1S/C15H26O/c16-15-11-9-14(10-12-15)8-4-7-13-5-2-1-3-6-13/h1-2,13-16H,3-12H2. The third-order valence-electron chi connectivity index (χ3n) is 4.42. The molecule has 1 saturated carbocycles. The summed E-state index contributed by atoms with van der Waals surface area (Å²) in [5, 5.41) is 9.45. The molecule has 0 saturated heterocycles. The van der Waals surface area contributed by atoms with Gasteiger partial charge in [0.05, 0.1) is 6.10 Å². The summed E-state index contributed by atoms with van der Waals surface area (Å²) in [6.45, 7) is 0. The lowest BCUT2D eigenvalue weighted by atomic mass is 9.82. The van der Waals surface area contributed by atoms with Gasteiger partial charge in [0.1, 0.15) is 0 Å². The van der Waals surface area contributed by atoms with Gasteiger partial charge in [-0.1, -0.05) is 31.4 Å². The van der Waals surface area contributed by atoms with Crippen LogP contribution in [0, 0.1) is 11.8 Å². The number of allylic oxidation sites excluding steroid dienone is 2. The molecular weight excluding hydrogens is 196 g/mol. The van der Waals surface area contributed by atoms with Gasteiger partial charge in [-0.2, -0.15) is 0 Å². The minimum absolute atomic E-state index is 0.0136. The normalized spacial score (nSPS) is 35.2. The molecule has 0 spiro atoms. The van der Waals surface area contributed by atoms with Crippen LogP contribution in [-0.4, -0.2) is 11.2 Å². The van der Waals surface area contributed by atoms with Gasteiger partial charge < -0.3 is 5.11 Å². The van der Waals surface area contributed by atoms with Crippen LogP contribution in [-0.2, 0) is 0 Å². The first-order valence-corrected chi connectivity index (χ1v) is 7.17. The largest absolute Gasteiger partial charge is 0.393 e. The Bertz CT molecular complexity index is 213. The van der Waals surface area contributed by atoms with Gasteiger partial charge in [-0.3, -0.25) is 0 Å². The molecule has 0 aromatic carbocycles. The lowest BCUT2D eigenvalue weighted by Gasteiger charge is -2.26. The predicted octanol–water partition coefficient (Wildman–Crippen LogP) is 4.06. The average molecular weight is 222 g/mol. The fourth-order valence-corrected chi connectivity index (χ4v) is 3.25. The Labute approximate surface area is 99.9 Å². The van der Waals surface area contributed by atoms with E-state index in [9.17, 15) is 5.11 Å². The van der Waals surface area contributed by atoms with E-state index in [0.29, 0.717) is 0 Å². The third-order valence-corrected chi connectivity index (χ3v) is 4.42. The lowest BCUT2D eigenvalue weighted by molar-refractivity contribution is 0.105. The molecule has 2 rings (SSSR count). The molecule has 1 nitrogen and oxygen atoms in total. The van der Waals surface area contributed by atoms with E-state index >= 15 is 0 Å². The first kappa shape index (κ1) is 12.2. The zero-order chi connectivity index (χ0) is 11.2. The van der Waals surface area contributed by atoms with Gasteiger partial charge in [0.2, 0.25) is 0 Å². The highest BCUT2D eigenvalue weighted by atomic mass is 16.3. The highest BCUT2D eigenvalue weighted by Crippen LogP contribution is 2.30. The van der Waals surface area contributed by atoms with Crippen molar-refractivity contribution < 1.29 is 5.11 Å². The van der Waals surface area contributed by atoms with Crippen LogP contribution >= 0.6 is 0 Å². The van der Waals surface area contributed by atoms with Crippen molar-refractivity contribution >= 4 is 0 Å². The second kappa shape index (κ2) is 6.44. The number of aliphatic hydroxyl groups is 1. The van der Waals surface area contributed by atoms with Crippen molar-refractivity contribution in [3.63, 3.8) is 0 Å². The van der Waals surface area contributed by atoms with Crippen molar-refractivity contribution in [3.05, 3.63) is 12.2 Å². The van der Waals surface area contributed by atoms with Crippen LogP contribution in [0.25, 0.3) is 0 Å². The van der Waals surface area contributed by atoms with Crippen molar-refractivity contribution in [3.8, 4) is 0 Å². The Morgan fingerprint density at radius 2 is 1.62 bits per heavy atom. The number of hydrogen-bond donors (Lipinski definition) is 1. The Morgan fingerprint density at radius 1 is 0.875 bits per heavy atom. The minimum Gasteiger partial charge on any atom is -0.393 e. The van der Waals surface area contributed by atoms with Crippen LogP contribution in [0.5, 0.6) is 0 Å². The minimum atomic E-state index is 0.0136. The highest BCUT2D eigenvalue weighted by molar-refractivity contribution is 4.89. The van der Waals surface area contributed by atoms with Crippen LogP contribution in [0.2, 0.25) is 0 Å². The van der Waals surface area contributed by atoms with Gasteiger partial charge in [-0.25, -0.2) is 0 Å². The maximum atomic E-state index is 9.45. The van der Waals surface area contributed by atoms with E-state index in [4.69, 9.17) is 0 Å². The maximum Gasteiger partial charge on any atom is 0.0540 e. The Kier molecular flexibility index (Phi) is 4.90. The van der Waals surface area contributed by atoms with Gasteiger partial charge in [-0.15, -0.1) is 0 Å². The van der Waals surface area contributed by atoms with Crippen LogP contribution in [0.3, 0.4) is 0 Å². The quantitative estimate of drug-likeness (QED) is 0.711. The molecule has 1 atom stereocenters. The van der Waals surface area contributed by atoms with Crippen molar-refractivity contribution in [2.45, 2.75) is 70.3 Å². The van der Waals surface area contributed by atoms with E-state index in [2.05, 4.69) is 12.2 Å². The van der Waals surface area contributed by atoms with Crippen molar-refractivity contribution in [1.29, 1.82) is 0 Å². The van der Waals surface area contributed by atoms with Gasteiger partial charge >= 0.3 is 0 Å². The summed E-state index contributed by atoms with van der Waals surface area (Å²) >= 11 is 0. The van der Waals surface area contributed by atoms with Crippen LogP contribution in [0.1, 0.15) is 64.2 Å². The fourth-order valence-electron chi connectivity index (χ4n) is 3.25. The molecule has 16 heavy (non-hydrogen) atoms. The predicted molar refractivity (Wildman–Crippen MR) is 68.3 cm³/mol. The molecule has 2 aliphatic rings. The smallest absolute Gasteiger partial charge is 0.0540 e. The Hall–Kier alpha value is -0.300. The van der Waals surface area contributed by atoms with Gasteiger partial charge in [0.25, 0.3) is 0 Å². The Balaban J connectivity index is 1.55. The molecule has 0 radical (unpaired) electrons. The van der Waals surface area contributed by atoms with Crippen molar-refractivity contribution in [2.75, 3.05) is 0 Å². The van der Waals surface area contributed by atoms with E-state index < -0.39 is 0 Å². The summed E-state index contributed by atoms with van der Waals surface area (Å²) in [7, 11) is 0. The monoisotopic (exact) mass is 222 g/mol. The highest BCUT2D eigenvalue weighted by Gasteiger charge is 2.19. The maximum absolute atomic E-state index is 9.45. The number of hydrogen-bond acceptors (Lipinski definition) is 1. The fraction of sp³-hybridized carbons (Fsp3) is 0.867. The molecule has 0 amide bonds. The summed E-state index contributed by atoms with van der Waals surface area (Å²) in [5.41, 5.74) is 0. The molecule has 1 heteroatoms. The number of aliphatic hydroxyl groups excluding tert-OH is 1. The average Bonchev–Trinajstić information content (AvgIpc) is 2.33. The third kappa shape index (κ3) is 3.93. The van der Waals surface area contributed by atoms with E-state index in [0.717, 1.165) is 24.7 Å².